The summed E-state index contributed by atoms with van der Waals surface area (Å²) in [4.78, 5) is 12.1. The van der Waals surface area contributed by atoms with E-state index in [1.165, 1.54) is 6.21 Å². The fourth-order valence-corrected chi connectivity index (χ4v) is 2.55. The van der Waals surface area contributed by atoms with Crippen LogP contribution < -0.4 is 14.9 Å². The van der Waals surface area contributed by atoms with Crippen LogP contribution in [0, 0.1) is 0 Å². The predicted molar refractivity (Wildman–Crippen MR) is 110 cm³/mol. The van der Waals surface area contributed by atoms with Crippen LogP contribution in [0.5, 0.6) is 11.5 Å². The summed E-state index contributed by atoms with van der Waals surface area (Å²) in [6.45, 7) is 6.35. The van der Waals surface area contributed by atoms with E-state index in [0.717, 1.165) is 6.42 Å². The molecule has 2 aromatic carbocycles. The number of amides is 1. The first-order chi connectivity index (χ1) is 12.9. The Labute approximate surface area is 169 Å². The van der Waals surface area contributed by atoms with Gasteiger partial charge in [-0.05, 0) is 62.2 Å². The molecule has 1 atom stereocenters. The molecule has 1 N–H and O–H groups in total. The SMILES string of the molecule is CCOc1cc(/C=N\NC(=O)c2ccc(Cl)cc2)cc(Cl)c1O[C@@H](C)CC. The fraction of sp³-hybridized carbons (Fsp3) is 0.300. The van der Waals surface area contributed by atoms with Crippen molar-refractivity contribution in [2.24, 2.45) is 5.10 Å². The van der Waals surface area contributed by atoms with Gasteiger partial charge in [-0.2, -0.15) is 5.10 Å². The van der Waals surface area contributed by atoms with Crippen LogP contribution in [0.2, 0.25) is 10.0 Å². The quantitative estimate of drug-likeness (QED) is 0.473. The van der Waals surface area contributed by atoms with Gasteiger partial charge in [-0.1, -0.05) is 30.1 Å². The Morgan fingerprint density at radius 2 is 1.93 bits per heavy atom. The van der Waals surface area contributed by atoms with E-state index in [1.807, 2.05) is 20.8 Å². The van der Waals surface area contributed by atoms with E-state index in [9.17, 15) is 4.79 Å². The van der Waals surface area contributed by atoms with Crippen molar-refractivity contribution in [1.29, 1.82) is 0 Å². The highest BCUT2D eigenvalue weighted by molar-refractivity contribution is 6.32. The Kier molecular flexibility index (Phi) is 7.95. The molecule has 0 saturated heterocycles. The summed E-state index contributed by atoms with van der Waals surface area (Å²) in [6, 6.07) is 10.0. The summed E-state index contributed by atoms with van der Waals surface area (Å²) >= 11 is 12.2. The third kappa shape index (κ3) is 6.15. The van der Waals surface area contributed by atoms with Crippen molar-refractivity contribution < 1.29 is 14.3 Å². The first kappa shape index (κ1) is 21.1. The number of benzene rings is 2. The lowest BCUT2D eigenvalue weighted by atomic mass is 10.2. The van der Waals surface area contributed by atoms with E-state index in [0.29, 0.717) is 39.3 Å². The molecule has 0 aromatic heterocycles. The van der Waals surface area contributed by atoms with Crippen molar-refractivity contribution in [1.82, 2.24) is 5.43 Å². The third-order valence-corrected chi connectivity index (χ3v) is 4.24. The number of hydrogen-bond acceptors (Lipinski definition) is 4. The highest BCUT2D eigenvalue weighted by atomic mass is 35.5. The average molecular weight is 409 g/mol. The number of nitrogens with one attached hydrogen (secondary N) is 1. The van der Waals surface area contributed by atoms with E-state index in [4.69, 9.17) is 32.7 Å². The summed E-state index contributed by atoms with van der Waals surface area (Å²) in [5.74, 6) is 0.710. The minimum absolute atomic E-state index is 0.0138. The molecule has 0 aliphatic heterocycles. The van der Waals surface area contributed by atoms with Crippen LogP contribution in [0.15, 0.2) is 41.5 Å². The zero-order chi connectivity index (χ0) is 19.8. The first-order valence-corrected chi connectivity index (χ1v) is 9.42. The molecular formula is C20H22Cl2N2O3. The molecule has 0 spiro atoms. The lowest BCUT2D eigenvalue weighted by molar-refractivity contribution is 0.0955. The summed E-state index contributed by atoms with van der Waals surface area (Å²) in [5, 5.41) is 4.96. The Balaban J connectivity index is 2.14. The number of hydrazone groups is 1. The molecule has 0 heterocycles. The number of hydrogen-bond donors (Lipinski definition) is 1. The molecule has 0 radical (unpaired) electrons. The zero-order valence-corrected chi connectivity index (χ0v) is 17.0. The number of ether oxygens (including phenoxy) is 2. The number of rotatable bonds is 8. The molecule has 27 heavy (non-hydrogen) atoms. The summed E-state index contributed by atoms with van der Waals surface area (Å²) in [6.07, 6.45) is 2.36. The second-order valence-corrected chi connectivity index (χ2v) is 6.65. The highest BCUT2D eigenvalue weighted by Gasteiger charge is 2.14. The van der Waals surface area contributed by atoms with E-state index < -0.39 is 0 Å². The number of carbonyl (C=O) groups is 1. The minimum Gasteiger partial charge on any atom is -0.490 e. The maximum atomic E-state index is 12.1. The molecule has 2 aromatic rings. The average Bonchev–Trinajstić information content (AvgIpc) is 2.65. The van der Waals surface area contributed by atoms with Crippen LogP contribution in [0.3, 0.4) is 0 Å². The largest absolute Gasteiger partial charge is 0.490 e. The smallest absolute Gasteiger partial charge is 0.271 e. The summed E-state index contributed by atoms with van der Waals surface area (Å²) in [5.41, 5.74) is 3.60. The first-order valence-electron chi connectivity index (χ1n) is 8.66. The molecule has 0 fully saturated rings. The van der Waals surface area contributed by atoms with E-state index >= 15 is 0 Å². The van der Waals surface area contributed by atoms with Gasteiger partial charge in [-0.3, -0.25) is 4.79 Å². The van der Waals surface area contributed by atoms with E-state index in [1.54, 1.807) is 36.4 Å². The van der Waals surface area contributed by atoms with Gasteiger partial charge in [0.15, 0.2) is 11.5 Å². The Morgan fingerprint density at radius 3 is 2.56 bits per heavy atom. The van der Waals surface area contributed by atoms with Crippen molar-refractivity contribution in [2.75, 3.05) is 6.61 Å². The highest BCUT2D eigenvalue weighted by Crippen LogP contribution is 2.37. The van der Waals surface area contributed by atoms with Crippen molar-refractivity contribution in [2.45, 2.75) is 33.3 Å². The number of halogens is 2. The van der Waals surface area contributed by atoms with Crippen molar-refractivity contribution in [3.8, 4) is 11.5 Å². The molecule has 0 unspecified atom stereocenters. The Hall–Kier alpha value is -2.24. The van der Waals surface area contributed by atoms with Gasteiger partial charge in [0, 0.05) is 10.6 Å². The normalized spacial score (nSPS) is 12.0. The zero-order valence-electron chi connectivity index (χ0n) is 15.5. The van der Waals surface area contributed by atoms with Crippen LogP contribution in [-0.4, -0.2) is 24.8 Å². The van der Waals surface area contributed by atoms with Crippen LogP contribution in [-0.2, 0) is 0 Å². The lowest BCUT2D eigenvalue weighted by Crippen LogP contribution is -2.17. The third-order valence-electron chi connectivity index (χ3n) is 3.71. The molecule has 7 heteroatoms. The maximum absolute atomic E-state index is 12.1. The van der Waals surface area contributed by atoms with Crippen molar-refractivity contribution in [3.63, 3.8) is 0 Å². The molecule has 5 nitrogen and oxygen atoms in total. The lowest BCUT2D eigenvalue weighted by Gasteiger charge is -2.18. The monoisotopic (exact) mass is 408 g/mol. The van der Waals surface area contributed by atoms with Gasteiger partial charge in [-0.25, -0.2) is 5.43 Å². The molecular weight excluding hydrogens is 387 g/mol. The maximum Gasteiger partial charge on any atom is 0.271 e. The van der Waals surface area contributed by atoms with Gasteiger partial charge in [-0.15, -0.1) is 0 Å². The summed E-state index contributed by atoms with van der Waals surface area (Å²) in [7, 11) is 0. The van der Waals surface area contributed by atoms with Gasteiger partial charge < -0.3 is 9.47 Å². The molecule has 0 saturated carbocycles. The van der Waals surface area contributed by atoms with Gasteiger partial charge in [0.05, 0.1) is 23.9 Å². The number of carbonyl (C=O) groups excluding carboxylic acids is 1. The van der Waals surface area contributed by atoms with E-state index in [2.05, 4.69) is 10.5 Å². The van der Waals surface area contributed by atoms with Gasteiger partial charge in [0.25, 0.3) is 5.91 Å². The molecule has 0 aliphatic carbocycles. The fourth-order valence-electron chi connectivity index (χ4n) is 2.16. The topological polar surface area (TPSA) is 59.9 Å². The molecule has 144 valence electrons. The van der Waals surface area contributed by atoms with Crippen molar-refractivity contribution in [3.05, 3.63) is 57.6 Å². The van der Waals surface area contributed by atoms with Gasteiger partial charge in [0.1, 0.15) is 0 Å². The number of nitrogens with zero attached hydrogens (tertiary/aromatic N) is 1. The molecule has 2 rings (SSSR count). The second-order valence-electron chi connectivity index (χ2n) is 5.81. The molecule has 0 bridgehead atoms. The second kappa shape index (κ2) is 10.2. The van der Waals surface area contributed by atoms with Crippen LogP contribution in [0.4, 0.5) is 0 Å². The summed E-state index contributed by atoms with van der Waals surface area (Å²) < 4.78 is 11.5. The standard InChI is InChI=1S/C20H22Cl2N2O3/c1-4-13(3)27-19-17(22)10-14(11-18(19)26-5-2)12-23-24-20(25)15-6-8-16(21)9-7-15/h6-13H,4-5H2,1-3H3,(H,24,25)/b23-12-/t13-/m0/s1. The molecule has 0 aliphatic rings. The Bertz CT molecular complexity index is 808. The van der Waals surface area contributed by atoms with Crippen molar-refractivity contribution >= 4 is 35.3 Å². The minimum atomic E-state index is -0.337. The van der Waals surface area contributed by atoms with Gasteiger partial charge >= 0.3 is 0 Å². The predicted octanol–water partition coefficient (Wildman–Crippen LogP) is 5.33. The van der Waals surface area contributed by atoms with Gasteiger partial charge in [0.2, 0.25) is 0 Å². The van der Waals surface area contributed by atoms with Crippen LogP contribution in [0.25, 0.3) is 0 Å². The van der Waals surface area contributed by atoms with Crippen LogP contribution >= 0.6 is 23.2 Å². The van der Waals surface area contributed by atoms with E-state index in [-0.39, 0.29) is 12.0 Å². The Morgan fingerprint density at radius 1 is 1.22 bits per heavy atom. The molecule has 1 amide bonds. The van der Waals surface area contributed by atoms with Crippen LogP contribution in [0.1, 0.15) is 43.1 Å².